The van der Waals surface area contributed by atoms with Crippen LogP contribution in [0.5, 0.6) is 0 Å². The van der Waals surface area contributed by atoms with Gasteiger partial charge >= 0.3 is 0 Å². The zero-order chi connectivity index (χ0) is 12.4. The van der Waals surface area contributed by atoms with Crippen LogP contribution in [0.25, 0.3) is 0 Å². The Morgan fingerprint density at radius 2 is 2.29 bits per heavy atom. The lowest BCUT2D eigenvalue weighted by atomic mass is 10.0. The highest BCUT2D eigenvalue weighted by molar-refractivity contribution is 6.31. The number of benzene rings is 1. The summed E-state index contributed by atoms with van der Waals surface area (Å²) in [5.74, 6) is -0.336. The number of aliphatic hydroxyl groups excluding tert-OH is 1. The maximum atomic E-state index is 13.1. The quantitative estimate of drug-likeness (QED) is 0.903. The average molecular weight is 259 g/mol. The van der Waals surface area contributed by atoms with Crippen LogP contribution in [0.3, 0.4) is 0 Å². The zero-order valence-electron chi connectivity index (χ0n) is 9.70. The van der Waals surface area contributed by atoms with Crippen LogP contribution in [0.2, 0.25) is 5.02 Å². The van der Waals surface area contributed by atoms with Gasteiger partial charge < -0.3 is 9.84 Å². The van der Waals surface area contributed by atoms with Crippen molar-refractivity contribution in [2.24, 2.45) is 0 Å². The van der Waals surface area contributed by atoms with Crippen molar-refractivity contribution in [3.63, 3.8) is 0 Å². The van der Waals surface area contributed by atoms with Crippen LogP contribution in [-0.4, -0.2) is 23.4 Å². The zero-order valence-corrected chi connectivity index (χ0v) is 10.5. The Bertz CT molecular complexity index is 397. The van der Waals surface area contributed by atoms with Gasteiger partial charge in [-0.3, -0.25) is 0 Å². The van der Waals surface area contributed by atoms with Crippen LogP contribution >= 0.6 is 11.6 Å². The van der Waals surface area contributed by atoms with E-state index in [9.17, 15) is 9.50 Å². The lowest BCUT2D eigenvalue weighted by Crippen LogP contribution is -2.28. The van der Waals surface area contributed by atoms with Crippen LogP contribution in [0, 0.1) is 5.82 Å². The third-order valence-electron chi connectivity index (χ3n) is 3.13. The number of aliphatic hydroxyl groups is 1. The van der Waals surface area contributed by atoms with E-state index in [2.05, 4.69) is 0 Å². The van der Waals surface area contributed by atoms with Crippen molar-refractivity contribution in [2.75, 3.05) is 0 Å². The number of rotatable bonds is 3. The van der Waals surface area contributed by atoms with Crippen molar-refractivity contribution in [2.45, 2.75) is 44.5 Å². The summed E-state index contributed by atoms with van der Waals surface area (Å²) in [5, 5.41) is 10.5. The van der Waals surface area contributed by atoms with E-state index in [0.29, 0.717) is 17.0 Å². The predicted octanol–water partition coefficient (Wildman–Crippen LogP) is 2.95. The predicted molar refractivity (Wildman–Crippen MR) is 64.7 cm³/mol. The lowest BCUT2D eigenvalue weighted by Gasteiger charge is -2.19. The molecule has 3 atom stereocenters. The minimum atomic E-state index is -0.626. The fourth-order valence-electron chi connectivity index (χ4n) is 2.17. The fraction of sp³-hybridized carbons (Fsp3) is 0.538. The molecule has 1 saturated heterocycles. The maximum absolute atomic E-state index is 13.1. The second-order valence-corrected chi connectivity index (χ2v) is 4.98. The first-order chi connectivity index (χ1) is 8.06. The largest absolute Gasteiger partial charge is 0.390 e. The van der Waals surface area contributed by atoms with Gasteiger partial charge in [-0.25, -0.2) is 4.39 Å². The Kier molecular flexibility index (Phi) is 4.02. The Labute approximate surface area is 105 Å². The van der Waals surface area contributed by atoms with Crippen molar-refractivity contribution in [3.05, 3.63) is 34.6 Å². The summed E-state index contributed by atoms with van der Waals surface area (Å²) in [6, 6.07) is 4.19. The molecule has 0 aromatic heterocycles. The fourth-order valence-corrected chi connectivity index (χ4v) is 2.37. The standard InChI is InChI=1S/C13H16ClFO2/c1-8-2-5-13(17-8)12(16)7-9-6-10(15)3-4-11(9)14/h3-4,6,8,12-13,16H,2,5,7H2,1H3. The molecule has 0 amide bonds. The highest BCUT2D eigenvalue weighted by atomic mass is 35.5. The molecule has 1 heterocycles. The van der Waals surface area contributed by atoms with Gasteiger partial charge in [-0.2, -0.15) is 0 Å². The molecule has 3 unspecified atom stereocenters. The van der Waals surface area contributed by atoms with Crippen molar-refractivity contribution < 1.29 is 14.2 Å². The topological polar surface area (TPSA) is 29.5 Å². The summed E-state index contributed by atoms with van der Waals surface area (Å²) in [7, 11) is 0. The van der Waals surface area contributed by atoms with Crippen LogP contribution in [0.15, 0.2) is 18.2 Å². The first-order valence-corrected chi connectivity index (χ1v) is 6.21. The molecule has 0 spiro atoms. The third-order valence-corrected chi connectivity index (χ3v) is 3.50. The number of ether oxygens (including phenoxy) is 1. The Morgan fingerprint density at radius 3 is 2.94 bits per heavy atom. The minimum absolute atomic E-state index is 0.163. The van der Waals surface area contributed by atoms with E-state index < -0.39 is 6.10 Å². The van der Waals surface area contributed by atoms with E-state index in [-0.39, 0.29) is 18.0 Å². The summed E-state index contributed by atoms with van der Waals surface area (Å²) in [6.07, 6.45) is 1.53. The molecule has 0 saturated carbocycles. The van der Waals surface area contributed by atoms with Gasteiger partial charge in [0, 0.05) is 11.4 Å². The molecule has 0 aliphatic carbocycles. The smallest absolute Gasteiger partial charge is 0.123 e. The summed E-state index contributed by atoms with van der Waals surface area (Å²) < 4.78 is 18.6. The molecule has 4 heteroatoms. The number of hydrogen-bond donors (Lipinski definition) is 1. The normalized spacial score (nSPS) is 26.1. The lowest BCUT2D eigenvalue weighted by molar-refractivity contribution is -0.0278. The van der Waals surface area contributed by atoms with E-state index in [1.54, 1.807) is 0 Å². The summed E-state index contributed by atoms with van der Waals surface area (Å²) in [4.78, 5) is 0. The molecule has 1 fully saturated rings. The SMILES string of the molecule is CC1CCC(C(O)Cc2cc(F)ccc2Cl)O1. The van der Waals surface area contributed by atoms with Gasteiger partial charge in [0.1, 0.15) is 5.82 Å². The highest BCUT2D eigenvalue weighted by Gasteiger charge is 2.28. The van der Waals surface area contributed by atoms with Gasteiger partial charge in [-0.05, 0) is 43.5 Å². The van der Waals surface area contributed by atoms with Crippen molar-refractivity contribution in [1.29, 1.82) is 0 Å². The van der Waals surface area contributed by atoms with E-state index in [1.165, 1.54) is 18.2 Å². The molecule has 1 aromatic carbocycles. The Morgan fingerprint density at radius 1 is 1.53 bits per heavy atom. The molecule has 1 N–H and O–H groups in total. The van der Waals surface area contributed by atoms with Crippen LogP contribution < -0.4 is 0 Å². The van der Waals surface area contributed by atoms with Gasteiger partial charge in [0.15, 0.2) is 0 Å². The number of hydrogen-bond acceptors (Lipinski definition) is 2. The maximum Gasteiger partial charge on any atom is 0.123 e. The van der Waals surface area contributed by atoms with Gasteiger partial charge in [0.05, 0.1) is 18.3 Å². The summed E-state index contributed by atoms with van der Waals surface area (Å²) in [6.45, 7) is 1.99. The van der Waals surface area contributed by atoms with Crippen molar-refractivity contribution in [1.82, 2.24) is 0 Å². The molecular formula is C13H16ClFO2. The van der Waals surface area contributed by atoms with E-state index in [0.717, 1.165) is 12.8 Å². The molecule has 1 aromatic rings. The summed E-state index contributed by atoms with van der Waals surface area (Å²) in [5.41, 5.74) is 0.627. The Hall–Kier alpha value is -0.640. The first-order valence-electron chi connectivity index (χ1n) is 5.83. The average Bonchev–Trinajstić information content (AvgIpc) is 2.70. The Balaban J connectivity index is 2.02. The van der Waals surface area contributed by atoms with Crippen LogP contribution in [-0.2, 0) is 11.2 Å². The molecule has 1 aliphatic rings. The monoisotopic (exact) mass is 258 g/mol. The van der Waals surface area contributed by atoms with Crippen LogP contribution in [0.1, 0.15) is 25.3 Å². The van der Waals surface area contributed by atoms with Gasteiger partial charge in [0.2, 0.25) is 0 Å². The molecule has 2 nitrogen and oxygen atoms in total. The first kappa shape index (κ1) is 12.8. The molecule has 17 heavy (non-hydrogen) atoms. The number of halogens is 2. The van der Waals surface area contributed by atoms with Crippen molar-refractivity contribution >= 4 is 11.6 Å². The van der Waals surface area contributed by atoms with Gasteiger partial charge in [0.25, 0.3) is 0 Å². The second-order valence-electron chi connectivity index (χ2n) is 4.57. The molecular weight excluding hydrogens is 243 g/mol. The second kappa shape index (κ2) is 5.34. The van der Waals surface area contributed by atoms with E-state index in [1.807, 2.05) is 6.92 Å². The summed E-state index contributed by atoms with van der Waals surface area (Å²) >= 11 is 5.96. The minimum Gasteiger partial charge on any atom is -0.390 e. The molecule has 0 bridgehead atoms. The van der Waals surface area contributed by atoms with E-state index in [4.69, 9.17) is 16.3 Å². The van der Waals surface area contributed by atoms with E-state index >= 15 is 0 Å². The van der Waals surface area contributed by atoms with Crippen molar-refractivity contribution in [3.8, 4) is 0 Å². The molecule has 0 radical (unpaired) electrons. The molecule has 1 aliphatic heterocycles. The molecule has 94 valence electrons. The third kappa shape index (κ3) is 3.18. The van der Waals surface area contributed by atoms with Gasteiger partial charge in [-0.1, -0.05) is 11.6 Å². The van der Waals surface area contributed by atoms with Crippen LogP contribution in [0.4, 0.5) is 4.39 Å². The highest BCUT2D eigenvalue weighted by Crippen LogP contribution is 2.25. The van der Waals surface area contributed by atoms with Gasteiger partial charge in [-0.15, -0.1) is 0 Å². The molecule has 2 rings (SSSR count).